The van der Waals surface area contributed by atoms with Crippen molar-refractivity contribution in [2.75, 3.05) is 19.7 Å². The van der Waals surface area contributed by atoms with Gasteiger partial charge >= 0.3 is 5.97 Å². The van der Waals surface area contributed by atoms with E-state index >= 15 is 0 Å². The van der Waals surface area contributed by atoms with Crippen molar-refractivity contribution in [3.05, 3.63) is 41.6 Å². The molecule has 1 N–H and O–H groups in total. The molecule has 1 aromatic heterocycles. The Morgan fingerprint density at radius 1 is 1.33 bits per heavy atom. The fourth-order valence-electron chi connectivity index (χ4n) is 2.82. The molecule has 6 nitrogen and oxygen atoms in total. The zero-order chi connectivity index (χ0) is 17.3. The zero-order valence-electron chi connectivity index (χ0n) is 13.7. The van der Waals surface area contributed by atoms with Crippen molar-refractivity contribution in [2.24, 2.45) is 0 Å². The standard InChI is InChI=1S/C18H20N2O4/c1-11(2)15-9-13(12-5-3-4-6-14(12)19-15)17(21)20-7-8-24-16(10-20)18(22)23/h3-6,9,11,16H,7-8,10H2,1-2H3,(H,22,23). The van der Waals surface area contributed by atoms with Crippen molar-refractivity contribution in [3.8, 4) is 0 Å². The van der Waals surface area contributed by atoms with E-state index < -0.39 is 12.1 Å². The number of benzene rings is 1. The second-order valence-corrected chi connectivity index (χ2v) is 6.22. The normalized spacial score (nSPS) is 18.1. The van der Waals surface area contributed by atoms with Gasteiger partial charge in [0.2, 0.25) is 0 Å². The van der Waals surface area contributed by atoms with E-state index in [1.54, 1.807) is 4.90 Å². The molecule has 0 aliphatic carbocycles. The first kappa shape index (κ1) is 16.4. The van der Waals surface area contributed by atoms with Gasteiger partial charge in [0.15, 0.2) is 6.10 Å². The topological polar surface area (TPSA) is 79.7 Å². The molecule has 1 saturated heterocycles. The Morgan fingerprint density at radius 3 is 2.79 bits per heavy atom. The average molecular weight is 328 g/mol. The fourth-order valence-corrected chi connectivity index (χ4v) is 2.82. The summed E-state index contributed by atoms with van der Waals surface area (Å²) in [5, 5.41) is 9.91. The third kappa shape index (κ3) is 3.10. The summed E-state index contributed by atoms with van der Waals surface area (Å²) in [5.41, 5.74) is 2.19. The maximum Gasteiger partial charge on any atom is 0.334 e. The van der Waals surface area contributed by atoms with E-state index in [1.807, 2.05) is 44.2 Å². The Hall–Kier alpha value is -2.47. The number of aromatic nitrogens is 1. The van der Waals surface area contributed by atoms with Crippen LogP contribution in [0.5, 0.6) is 0 Å². The van der Waals surface area contributed by atoms with Crippen molar-refractivity contribution in [1.29, 1.82) is 0 Å². The number of para-hydroxylation sites is 1. The number of carbonyl (C=O) groups is 2. The largest absolute Gasteiger partial charge is 0.479 e. The zero-order valence-corrected chi connectivity index (χ0v) is 13.7. The van der Waals surface area contributed by atoms with Crippen LogP contribution in [0.25, 0.3) is 10.9 Å². The summed E-state index contributed by atoms with van der Waals surface area (Å²) in [5.74, 6) is -1.03. The Kier molecular flexibility index (Phi) is 4.49. The van der Waals surface area contributed by atoms with Gasteiger partial charge in [-0.25, -0.2) is 4.79 Å². The van der Waals surface area contributed by atoms with Crippen molar-refractivity contribution in [3.63, 3.8) is 0 Å². The molecule has 126 valence electrons. The summed E-state index contributed by atoms with van der Waals surface area (Å²) >= 11 is 0. The number of ether oxygens (including phenoxy) is 1. The first-order chi connectivity index (χ1) is 11.5. The molecule has 0 radical (unpaired) electrons. The molecule has 1 aromatic carbocycles. The van der Waals surface area contributed by atoms with Gasteiger partial charge in [-0.3, -0.25) is 9.78 Å². The molecule has 1 atom stereocenters. The highest BCUT2D eigenvalue weighted by Gasteiger charge is 2.30. The van der Waals surface area contributed by atoms with Gasteiger partial charge in [-0.05, 0) is 18.1 Å². The van der Waals surface area contributed by atoms with E-state index in [0.717, 1.165) is 16.6 Å². The van der Waals surface area contributed by atoms with Gasteiger partial charge in [0.25, 0.3) is 5.91 Å². The summed E-state index contributed by atoms with van der Waals surface area (Å²) in [6.07, 6.45) is -0.972. The lowest BCUT2D eigenvalue weighted by Crippen LogP contribution is -2.48. The van der Waals surface area contributed by atoms with E-state index in [4.69, 9.17) is 9.84 Å². The van der Waals surface area contributed by atoms with Gasteiger partial charge in [-0.2, -0.15) is 0 Å². The highest BCUT2D eigenvalue weighted by atomic mass is 16.5. The summed E-state index contributed by atoms with van der Waals surface area (Å²) in [4.78, 5) is 30.3. The number of amides is 1. The summed E-state index contributed by atoms with van der Waals surface area (Å²) < 4.78 is 5.20. The van der Waals surface area contributed by atoms with E-state index in [0.29, 0.717) is 12.1 Å². The molecule has 0 bridgehead atoms. The molecule has 2 heterocycles. The van der Waals surface area contributed by atoms with Crippen molar-refractivity contribution < 1.29 is 19.4 Å². The van der Waals surface area contributed by atoms with Gasteiger partial charge < -0.3 is 14.7 Å². The highest BCUT2D eigenvalue weighted by molar-refractivity contribution is 6.06. The number of fused-ring (bicyclic) bond motifs is 1. The Morgan fingerprint density at radius 2 is 2.08 bits per heavy atom. The summed E-state index contributed by atoms with van der Waals surface area (Å²) in [6, 6.07) is 9.34. The first-order valence-electron chi connectivity index (χ1n) is 8.00. The number of hydrogen-bond acceptors (Lipinski definition) is 4. The number of morpholine rings is 1. The molecule has 1 fully saturated rings. The predicted molar refractivity (Wildman–Crippen MR) is 89.1 cm³/mol. The molecule has 3 rings (SSSR count). The van der Waals surface area contributed by atoms with Crippen LogP contribution in [0.4, 0.5) is 0 Å². The molecule has 1 aliphatic heterocycles. The molecule has 1 aliphatic rings. The minimum absolute atomic E-state index is 0.0574. The van der Waals surface area contributed by atoms with Gasteiger partial charge in [0, 0.05) is 17.6 Å². The van der Waals surface area contributed by atoms with Crippen LogP contribution >= 0.6 is 0 Å². The third-order valence-electron chi connectivity index (χ3n) is 4.19. The van der Waals surface area contributed by atoms with E-state index in [1.165, 1.54) is 0 Å². The van der Waals surface area contributed by atoms with Crippen LogP contribution in [0.3, 0.4) is 0 Å². The van der Waals surface area contributed by atoms with Crippen LogP contribution in [0, 0.1) is 0 Å². The van der Waals surface area contributed by atoms with Gasteiger partial charge in [0.1, 0.15) is 0 Å². The highest BCUT2D eigenvalue weighted by Crippen LogP contribution is 2.24. The van der Waals surface area contributed by atoms with Crippen LogP contribution < -0.4 is 0 Å². The number of nitrogens with zero attached hydrogens (tertiary/aromatic N) is 2. The quantitative estimate of drug-likeness (QED) is 0.935. The van der Waals surface area contributed by atoms with Crippen molar-refractivity contribution in [2.45, 2.75) is 25.9 Å². The second kappa shape index (κ2) is 6.57. The lowest BCUT2D eigenvalue weighted by molar-refractivity contribution is -0.154. The van der Waals surface area contributed by atoms with Gasteiger partial charge in [-0.15, -0.1) is 0 Å². The summed E-state index contributed by atoms with van der Waals surface area (Å²) in [6.45, 7) is 4.72. The lowest BCUT2D eigenvalue weighted by Gasteiger charge is -2.31. The number of carbonyl (C=O) groups excluding carboxylic acids is 1. The molecule has 2 aromatic rings. The third-order valence-corrected chi connectivity index (χ3v) is 4.19. The van der Waals surface area contributed by atoms with E-state index in [2.05, 4.69) is 4.98 Å². The molecule has 0 saturated carbocycles. The average Bonchev–Trinajstić information content (AvgIpc) is 2.60. The fraction of sp³-hybridized carbons (Fsp3) is 0.389. The number of carboxylic acid groups (broad SMARTS) is 1. The van der Waals surface area contributed by atoms with E-state index in [9.17, 15) is 9.59 Å². The second-order valence-electron chi connectivity index (χ2n) is 6.22. The lowest BCUT2D eigenvalue weighted by atomic mass is 10.0. The van der Waals surface area contributed by atoms with Gasteiger partial charge in [0.05, 0.1) is 24.2 Å². The van der Waals surface area contributed by atoms with Crippen LogP contribution in [-0.2, 0) is 9.53 Å². The van der Waals surface area contributed by atoms with Crippen LogP contribution in [0.2, 0.25) is 0 Å². The monoisotopic (exact) mass is 328 g/mol. The molecule has 1 unspecified atom stereocenters. The van der Waals surface area contributed by atoms with Crippen LogP contribution in [0.15, 0.2) is 30.3 Å². The van der Waals surface area contributed by atoms with Crippen molar-refractivity contribution >= 4 is 22.8 Å². The molecule has 1 amide bonds. The van der Waals surface area contributed by atoms with Crippen LogP contribution in [-0.4, -0.2) is 52.7 Å². The van der Waals surface area contributed by atoms with E-state index in [-0.39, 0.29) is 25.0 Å². The Bertz CT molecular complexity index is 788. The number of pyridine rings is 1. The maximum atomic E-state index is 13.0. The maximum absolute atomic E-state index is 13.0. The minimum Gasteiger partial charge on any atom is -0.479 e. The SMILES string of the molecule is CC(C)c1cc(C(=O)N2CCOC(C(=O)O)C2)c2ccccc2n1. The number of hydrogen-bond donors (Lipinski definition) is 1. The molecular formula is C18H20N2O4. The molecule has 6 heteroatoms. The smallest absolute Gasteiger partial charge is 0.334 e. The summed E-state index contributed by atoms with van der Waals surface area (Å²) in [7, 11) is 0. The van der Waals surface area contributed by atoms with Gasteiger partial charge in [-0.1, -0.05) is 32.0 Å². The predicted octanol–water partition coefficient (Wildman–Crippen LogP) is 2.28. The number of carboxylic acids is 1. The van der Waals surface area contributed by atoms with Crippen LogP contribution in [0.1, 0.15) is 35.8 Å². The molecule has 0 spiro atoms. The molecule has 24 heavy (non-hydrogen) atoms. The number of rotatable bonds is 3. The Balaban J connectivity index is 2.01. The molecular weight excluding hydrogens is 308 g/mol. The van der Waals surface area contributed by atoms with Crippen molar-refractivity contribution in [1.82, 2.24) is 9.88 Å². The first-order valence-corrected chi connectivity index (χ1v) is 8.00. The minimum atomic E-state index is -1.05. The number of aliphatic carboxylic acids is 1. The Labute approximate surface area is 140 Å².